The SMILES string of the molecule is CN1CC=C(C(N)=O)N(C)C(=O)C1. The zero-order valence-electron chi connectivity index (χ0n) is 7.78. The highest BCUT2D eigenvalue weighted by Crippen LogP contribution is 2.06. The van der Waals surface area contributed by atoms with Crippen LogP contribution in [0.4, 0.5) is 0 Å². The van der Waals surface area contributed by atoms with E-state index in [1.165, 1.54) is 4.90 Å². The van der Waals surface area contributed by atoms with Gasteiger partial charge in [0.1, 0.15) is 5.70 Å². The number of amides is 2. The highest BCUT2D eigenvalue weighted by molar-refractivity contribution is 5.97. The number of likely N-dealkylation sites (N-methyl/N-ethyl adjacent to an activating group) is 2. The highest BCUT2D eigenvalue weighted by Gasteiger charge is 2.21. The van der Waals surface area contributed by atoms with E-state index in [4.69, 9.17) is 5.73 Å². The van der Waals surface area contributed by atoms with E-state index in [1.54, 1.807) is 13.1 Å². The number of primary amides is 1. The maximum atomic E-state index is 11.4. The molecule has 0 aromatic carbocycles. The standard InChI is InChI=1S/C8H13N3O2/c1-10-4-3-6(8(9)13)11(2)7(12)5-10/h3H,4-5H2,1-2H3,(H2,9,13). The molecule has 0 aromatic rings. The normalized spacial score (nSPS) is 19.7. The molecule has 0 aromatic heterocycles. The van der Waals surface area contributed by atoms with Crippen LogP contribution in [0.5, 0.6) is 0 Å². The van der Waals surface area contributed by atoms with Gasteiger partial charge in [0, 0.05) is 13.6 Å². The summed E-state index contributed by atoms with van der Waals surface area (Å²) in [5, 5.41) is 0. The second kappa shape index (κ2) is 3.57. The molecule has 0 fully saturated rings. The van der Waals surface area contributed by atoms with Crippen molar-refractivity contribution in [1.29, 1.82) is 0 Å². The lowest BCUT2D eigenvalue weighted by atomic mass is 10.3. The summed E-state index contributed by atoms with van der Waals surface area (Å²) in [6, 6.07) is 0. The summed E-state index contributed by atoms with van der Waals surface area (Å²) >= 11 is 0. The monoisotopic (exact) mass is 183 g/mol. The molecular weight excluding hydrogens is 170 g/mol. The summed E-state index contributed by atoms with van der Waals surface area (Å²) in [5.74, 6) is -0.684. The highest BCUT2D eigenvalue weighted by atomic mass is 16.2. The number of rotatable bonds is 1. The Kier molecular flexibility index (Phi) is 2.67. The molecule has 0 spiro atoms. The zero-order valence-corrected chi connectivity index (χ0v) is 7.78. The predicted octanol–water partition coefficient (Wildman–Crippen LogP) is -1.24. The van der Waals surface area contributed by atoms with Gasteiger partial charge in [0.05, 0.1) is 6.54 Å². The third-order valence-corrected chi connectivity index (χ3v) is 1.99. The van der Waals surface area contributed by atoms with E-state index in [-0.39, 0.29) is 11.6 Å². The van der Waals surface area contributed by atoms with Gasteiger partial charge in [0.15, 0.2) is 0 Å². The Morgan fingerprint density at radius 1 is 1.54 bits per heavy atom. The van der Waals surface area contributed by atoms with Gasteiger partial charge >= 0.3 is 0 Å². The molecule has 2 amide bonds. The van der Waals surface area contributed by atoms with E-state index in [2.05, 4.69) is 0 Å². The molecule has 5 heteroatoms. The topological polar surface area (TPSA) is 66.6 Å². The Morgan fingerprint density at radius 3 is 2.69 bits per heavy atom. The van der Waals surface area contributed by atoms with Crippen molar-refractivity contribution in [3.8, 4) is 0 Å². The Labute approximate surface area is 76.8 Å². The molecule has 0 saturated carbocycles. The molecule has 0 radical (unpaired) electrons. The van der Waals surface area contributed by atoms with E-state index in [0.29, 0.717) is 13.1 Å². The summed E-state index contributed by atoms with van der Waals surface area (Å²) in [5.41, 5.74) is 5.39. The van der Waals surface area contributed by atoms with E-state index >= 15 is 0 Å². The first kappa shape index (κ1) is 9.73. The van der Waals surface area contributed by atoms with Gasteiger partial charge in [-0.15, -0.1) is 0 Å². The number of carbonyl (C=O) groups excluding carboxylic acids is 2. The summed E-state index contributed by atoms with van der Waals surface area (Å²) in [6.45, 7) is 0.873. The number of hydrogen-bond donors (Lipinski definition) is 1. The first-order chi connectivity index (χ1) is 6.02. The first-order valence-electron chi connectivity index (χ1n) is 3.97. The number of carbonyl (C=O) groups is 2. The minimum atomic E-state index is -0.564. The van der Waals surface area contributed by atoms with Crippen LogP contribution in [0.3, 0.4) is 0 Å². The lowest BCUT2D eigenvalue weighted by Crippen LogP contribution is -2.36. The van der Waals surface area contributed by atoms with Crippen molar-refractivity contribution in [3.05, 3.63) is 11.8 Å². The fourth-order valence-electron chi connectivity index (χ4n) is 1.18. The van der Waals surface area contributed by atoms with Gasteiger partial charge in [-0.2, -0.15) is 0 Å². The third kappa shape index (κ3) is 2.06. The van der Waals surface area contributed by atoms with Crippen LogP contribution >= 0.6 is 0 Å². The van der Waals surface area contributed by atoms with Gasteiger partial charge in [-0.25, -0.2) is 0 Å². The van der Waals surface area contributed by atoms with E-state index in [1.807, 2.05) is 11.9 Å². The molecule has 1 heterocycles. The summed E-state index contributed by atoms with van der Waals surface area (Å²) < 4.78 is 0. The fourth-order valence-corrected chi connectivity index (χ4v) is 1.18. The smallest absolute Gasteiger partial charge is 0.265 e. The molecule has 0 unspecified atom stereocenters. The molecule has 1 rings (SSSR count). The molecule has 1 aliphatic rings. The fraction of sp³-hybridized carbons (Fsp3) is 0.500. The van der Waals surface area contributed by atoms with Crippen molar-refractivity contribution in [2.24, 2.45) is 5.73 Å². The van der Waals surface area contributed by atoms with Crippen molar-refractivity contribution in [3.63, 3.8) is 0 Å². The van der Waals surface area contributed by atoms with Gasteiger partial charge in [0.2, 0.25) is 5.91 Å². The number of hydrogen-bond acceptors (Lipinski definition) is 3. The van der Waals surface area contributed by atoms with Crippen molar-refractivity contribution in [2.75, 3.05) is 27.2 Å². The van der Waals surface area contributed by atoms with Gasteiger partial charge in [-0.05, 0) is 13.1 Å². The molecule has 0 saturated heterocycles. The average Bonchev–Trinajstić information content (AvgIpc) is 2.13. The predicted molar refractivity (Wildman–Crippen MR) is 47.5 cm³/mol. The second-order valence-electron chi connectivity index (χ2n) is 3.10. The van der Waals surface area contributed by atoms with Gasteiger partial charge in [-0.3, -0.25) is 14.5 Å². The van der Waals surface area contributed by atoms with Crippen LogP contribution in [0.2, 0.25) is 0 Å². The van der Waals surface area contributed by atoms with Crippen LogP contribution in [0.25, 0.3) is 0 Å². The van der Waals surface area contributed by atoms with Crippen LogP contribution in [-0.4, -0.2) is 48.8 Å². The molecule has 0 atom stereocenters. The van der Waals surface area contributed by atoms with Crippen LogP contribution in [-0.2, 0) is 9.59 Å². The minimum absolute atomic E-state index is 0.120. The molecule has 0 bridgehead atoms. The molecular formula is C8H13N3O2. The summed E-state index contributed by atoms with van der Waals surface area (Å²) in [7, 11) is 3.37. The lowest BCUT2D eigenvalue weighted by molar-refractivity contribution is -0.130. The van der Waals surface area contributed by atoms with Crippen LogP contribution in [0, 0.1) is 0 Å². The minimum Gasteiger partial charge on any atom is -0.364 e. The van der Waals surface area contributed by atoms with E-state index in [0.717, 1.165) is 0 Å². The van der Waals surface area contributed by atoms with Crippen molar-refractivity contribution in [2.45, 2.75) is 0 Å². The second-order valence-corrected chi connectivity index (χ2v) is 3.10. The van der Waals surface area contributed by atoms with Gasteiger partial charge in [0.25, 0.3) is 5.91 Å². The molecule has 0 aliphatic carbocycles. The Bertz CT molecular complexity index is 273. The van der Waals surface area contributed by atoms with E-state index < -0.39 is 5.91 Å². The summed E-state index contributed by atoms with van der Waals surface area (Å²) in [6.07, 6.45) is 1.66. The number of nitrogens with two attached hydrogens (primary N) is 1. The lowest BCUT2D eigenvalue weighted by Gasteiger charge is -2.16. The van der Waals surface area contributed by atoms with Crippen LogP contribution in [0.15, 0.2) is 11.8 Å². The third-order valence-electron chi connectivity index (χ3n) is 1.99. The molecule has 2 N–H and O–H groups in total. The van der Waals surface area contributed by atoms with Gasteiger partial charge in [-0.1, -0.05) is 0 Å². The maximum absolute atomic E-state index is 11.4. The van der Waals surface area contributed by atoms with Crippen LogP contribution < -0.4 is 5.73 Å². The Balaban J connectivity index is 2.92. The Hall–Kier alpha value is -1.36. The van der Waals surface area contributed by atoms with Crippen molar-refractivity contribution in [1.82, 2.24) is 9.80 Å². The van der Waals surface area contributed by atoms with Crippen molar-refractivity contribution >= 4 is 11.8 Å². The zero-order chi connectivity index (χ0) is 10.0. The quantitative estimate of drug-likeness (QED) is 0.553. The average molecular weight is 183 g/mol. The largest absolute Gasteiger partial charge is 0.364 e. The van der Waals surface area contributed by atoms with Gasteiger partial charge < -0.3 is 10.6 Å². The molecule has 72 valence electrons. The van der Waals surface area contributed by atoms with Crippen molar-refractivity contribution < 1.29 is 9.59 Å². The Morgan fingerprint density at radius 2 is 2.15 bits per heavy atom. The molecule has 5 nitrogen and oxygen atoms in total. The van der Waals surface area contributed by atoms with Crippen LogP contribution in [0.1, 0.15) is 0 Å². The first-order valence-corrected chi connectivity index (χ1v) is 3.97. The molecule has 13 heavy (non-hydrogen) atoms. The number of nitrogens with zero attached hydrogens (tertiary/aromatic N) is 2. The molecule has 1 aliphatic heterocycles. The maximum Gasteiger partial charge on any atom is 0.265 e. The summed E-state index contributed by atoms with van der Waals surface area (Å²) in [4.78, 5) is 25.4. The van der Waals surface area contributed by atoms with E-state index in [9.17, 15) is 9.59 Å².